The molecule has 1 aliphatic heterocycles. The van der Waals surface area contributed by atoms with E-state index in [1.165, 1.54) is 0 Å². The summed E-state index contributed by atoms with van der Waals surface area (Å²) >= 11 is 14.0. The first-order valence-corrected chi connectivity index (χ1v) is 8.32. The predicted octanol–water partition coefficient (Wildman–Crippen LogP) is 5.89. The lowest BCUT2D eigenvalue weighted by Gasteiger charge is -2.21. The van der Waals surface area contributed by atoms with Gasteiger partial charge in [-0.15, -0.1) is 12.4 Å². The van der Waals surface area contributed by atoms with Crippen molar-refractivity contribution in [3.05, 3.63) is 28.2 Å². The minimum atomic E-state index is 0. The van der Waals surface area contributed by atoms with Crippen LogP contribution in [0.25, 0.3) is 0 Å². The molecule has 0 aromatic heterocycles. The molecule has 1 fully saturated rings. The summed E-state index contributed by atoms with van der Waals surface area (Å²) in [5, 5.41) is 2.28. The van der Waals surface area contributed by atoms with E-state index in [0.717, 1.165) is 23.9 Å². The van der Waals surface area contributed by atoms with E-state index < -0.39 is 0 Å². The van der Waals surface area contributed by atoms with Crippen molar-refractivity contribution in [2.45, 2.75) is 32.4 Å². The highest BCUT2D eigenvalue weighted by Gasteiger charge is 2.35. The molecule has 1 aliphatic rings. The summed E-state index contributed by atoms with van der Waals surface area (Å²) in [5.41, 5.74) is 0.782. The average molecular weight is 368 g/mol. The highest BCUT2D eigenvalue weighted by molar-refractivity contribution is 8.15. The summed E-state index contributed by atoms with van der Waals surface area (Å²) in [5.74, 6) is 0.607. The zero-order valence-electron chi connectivity index (χ0n) is 12.7. The number of amidine groups is 1. The molecule has 0 aliphatic carbocycles. The largest absolute Gasteiger partial charge is 0.350 e. The van der Waals surface area contributed by atoms with Gasteiger partial charge in [0.15, 0.2) is 5.17 Å². The zero-order valence-corrected chi connectivity index (χ0v) is 15.8. The van der Waals surface area contributed by atoms with Crippen molar-refractivity contribution in [3.63, 3.8) is 0 Å². The van der Waals surface area contributed by atoms with Crippen LogP contribution in [0.2, 0.25) is 10.0 Å². The maximum atomic E-state index is 6.21. The summed E-state index contributed by atoms with van der Waals surface area (Å²) in [6.07, 6.45) is 0. The van der Waals surface area contributed by atoms with Crippen LogP contribution in [-0.4, -0.2) is 27.9 Å². The van der Waals surface area contributed by atoms with E-state index in [9.17, 15) is 0 Å². The normalized spacial score (nSPS) is 19.2. The molecular weight excluding hydrogens is 347 g/mol. The number of thioether (sulfide) groups is 1. The Kier molecular flexibility index (Phi) is 6.73. The molecule has 0 N–H and O–H groups in total. The molecule has 0 atom stereocenters. The summed E-state index contributed by atoms with van der Waals surface area (Å²) in [6, 6.07) is 5.43. The van der Waals surface area contributed by atoms with Crippen LogP contribution in [0.4, 0.5) is 5.69 Å². The lowest BCUT2D eigenvalue weighted by molar-refractivity contribution is 0.359. The van der Waals surface area contributed by atoms with Gasteiger partial charge >= 0.3 is 0 Å². The van der Waals surface area contributed by atoms with E-state index in [2.05, 4.69) is 32.6 Å². The molecular formula is C15H21Cl3N2S. The van der Waals surface area contributed by atoms with E-state index >= 15 is 0 Å². The Morgan fingerprint density at radius 1 is 1.33 bits per heavy atom. The van der Waals surface area contributed by atoms with E-state index in [0.29, 0.717) is 16.0 Å². The molecule has 0 radical (unpaired) electrons. The number of nitrogens with zero attached hydrogens (tertiary/aromatic N) is 2. The van der Waals surface area contributed by atoms with Gasteiger partial charge in [0.05, 0.1) is 10.7 Å². The molecule has 6 heteroatoms. The fourth-order valence-corrected chi connectivity index (χ4v) is 3.80. The minimum absolute atomic E-state index is 0. The smallest absolute Gasteiger partial charge is 0.165 e. The van der Waals surface area contributed by atoms with Gasteiger partial charge in [-0.05, 0) is 38.0 Å². The molecule has 1 aromatic rings. The fraction of sp³-hybridized carbons (Fsp3) is 0.533. The zero-order chi connectivity index (χ0) is 14.9. The van der Waals surface area contributed by atoms with E-state index in [-0.39, 0.29) is 17.2 Å². The van der Waals surface area contributed by atoms with Crippen LogP contribution in [-0.2, 0) is 0 Å². The molecule has 1 aromatic carbocycles. The highest BCUT2D eigenvalue weighted by Crippen LogP contribution is 2.38. The van der Waals surface area contributed by atoms with Crippen molar-refractivity contribution in [2.75, 3.05) is 13.1 Å². The van der Waals surface area contributed by atoms with Crippen LogP contribution in [0.5, 0.6) is 0 Å². The number of aliphatic imine (C=N–C) groups is 1. The third-order valence-electron chi connectivity index (χ3n) is 2.92. The van der Waals surface area contributed by atoms with Gasteiger partial charge in [-0.25, -0.2) is 4.99 Å². The molecule has 0 saturated carbocycles. The third kappa shape index (κ3) is 5.24. The van der Waals surface area contributed by atoms with E-state index in [1.807, 2.05) is 23.9 Å². The van der Waals surface area contributed by atoms with Crippen molar-refractivity contribution in [3.8, 4) is 0 Å². The van der Waals surface area contributed by atoms with Crippen molar-refractivity contribution in [2.24, 2.45) is 10.9 Å². The summed E-state index contributed by atoms with van der Waals surface area (Å²) in [4.78, 5) is 7.09. The van der Waals surface area contributed by atoms with Crippen molar-refractivity contribution >= 4 is 58.2 Å². The monoisotopic (exact) mass is 366 g/mol. The number of hydrogen-bond donors (Lipinski definition) is 0. The Balaban J connectivity index is 0.00000220. The lowest BCUT2D eigenvalue weighted by atomic mass is 10.1. The topological polar surface area (TPSA) is 15.6 Å². The second-order valence-corrected chi connectivity index (χ2v) is 8.64. The van der Waals surface area contributed by atoms with Crippen molar-refractivity contribution in [1.29, 1.82) is 0 Å². The van der Waals surface area contributed by atoms with Crippen LogP contribution >= 0.6 is 47.4 Å². The summed E-state index contributed by atoms with van der Waals surface area (Å²) < 4.78 is 0.187. The molecule has 0 amide bonds. The van der Waals surface area contributed by atoms with E-state index in [4.69, 9.17) is 28.2 Å². The second kappa shape index (κ2) is 7.45. The standard InChI is InChI=1S/C15H20Cl2N2S.ClH/c1-10(2)8-19-9-15(3,4)20-14(19)18-13-6-5-11(16)7-12(13)17;/h5-7,10H,8-9H2,1-4H3;1H/b18-14-;. The minimum Gasteiger partial charge on any atom is -0.350 e. The lowest BCUT2D eigenvalue weighted by Crippen LogP contribution is -2.31. The Bertz CT molecular complexity index is 530. The molecule has 1 saturated heterocycles. The second-order valence-electron chi connectivity index (χ2n) is 6.13. The molecule has 2 rings (SSSR count). The first-order valence-electron chi connectivity index (χ1n) is 6.74. The van der Waals surface area contributed by atoms with Crippen LogP contribution in [0.3, 0.4) is 0 Å². The SMILES string of the molecule is CC(C)CN1CC(C)(C)S/C1=N\c1ccc(Cl)cc1Cl.Cl. The molecule has 118 valence electrons. The average Bonchev–Trinajstić information content (AvgIpc) is 2.56. The van der Waals surface area contributed by atoms with Gasteiger partial charge < -0.3 is 4.90 Å². The first kappa shape index (κ1) is 19.0. The number of halogens is 3. The van der Waals surface area contributed by atoms with Crippen LogP contribution in [0, 0.1) is 5.92 Å². The number of hydrogen-bond acceptors (Lipinski definition) is 2. The van der Waals surface area contributed by atoms with E-state index in [1.54, 1.807) is 6.07 Å². The maximum Gasteiger partial charge on any atom is 0.165 e. The maximum absolute atomic E-state index is 6.21. The summed E-state index contributed by atoms with van der Waals surface area (Å²) in [7, 11) is 0. The molecule has 21 heavy (non-hydrogen) atoms. The van der Waals surface area contributed by atoms with Crippen LogP contribution < -0.4 is 0 Å². The van der Waals surface area contributed by atoms with Gasteiger partial charge in [0.2, 0.25) is 0 Å². The van der Waals surface area contributed by atoms with Crippen LogP contribution in [0.1, 0.15) is 27.7 Å². The Labute approximate surface area is 147 Å². The molecule has 0 bridgehead atoms. The van der Waals surface area contributed by atoms with Crippen molar-refractivity contribution < 1.29 is 0 Å². The van der Waals surface area contributed by atoms with Gasteiger partial charge in [0.25, 0.3) is 0 Å². The molecule has 1 heterocycles. The molecule has 0 spiro atoms. The van der Waals surface area contributed by atoms with Gasteiger partial charge in [0, 0.05) is 22.9 Å². The Morgan fingerprint density at radius 3 is 2.57 bits per heavy atom. The van der Waals surface area contributed by atoms with Gasteiger partial charge in [-0.2, -0.15) is 0 Å². The van der Waals surface area contributed by atoms with Gasteiger partial charge in [0.1, 0.15) is 0 Å². The summed E-state index contributed by atoms with van der Waals surface area (Å²) in [6.45, 7) is 11.0. The Morgan fingerprint density at radius 2 is 2.00 bits per heavy atom. The molecule has 0 unspecified atom stereocenters. The number of rotatable bonds is 3. The van der Waals surface area contributed by atoms with Gasteiger partial charge in [-0.3, -0.25) is 0 Å². The van der Waals surface area contributed by atoms with Crippen molar-refractivity contribution in [1.82, 2.24) is 4.90 Å². The van der Waals surface area contributed by atoms with Gasteiger partial charge in [-0.1, -0.05) is 48.8 Å². The quantitative estimate of drug-likeness (QED) is 0.662. The number of benzene rings is 1. The highest BCUT2D eigenvalue weighted by atomic mass is 35.5. The first-order chi connectivity index (χ1) is 9.27. The molecule has 2 nitrogen and oxygen atoms in total. The fourth-order valence-electron chi connectivity index (χ4n) is 2.22. The predicted molar refractivity (Wildman–Crippen MR) is 98.9 cm³/mol. The third-order valence-corrected chi connectivity index (χ3v) is 4.67. The Hall–Kier alpha value is -0.0900. The van der Waals surface area contributed by atoms with Crippen LogP contribution in [0.15, 0.2) is 23.2 Å².